The van der Waals surface area contributed by atoms with E-state index in [1.807, 2.05) is 30.1 Å². The van der Waals surface area contributed by atoms with Gasteiger partial charge in [0.25, 0.3) is 17.7 Å². The lowest BCUT2D eigenvalue weighted by Crippen LogP contribution is -2.54. The van der Waals surface area contributed by atoms with Crippen LogP contribution >= 0.6 is 0 Å². The summed E-state index contributed by atoms with van der Waals surface area (Å²) >= 11 is 0. The van der Waals surface area contributed by atoms with Gasteiger partial charge in [0.2, 0.25) is 11.8 Å². The van der Waals surface area contributed by atoms with E-state index in [-0.39, 0.29) is 36.7 Å². The number of fused-ring (bicyclic) bond motifs is 1. The number of piperidine rings is 3. The molecule has 5 fully saturated rings. The SMILES string of the molecule is CN1CCN([C@H]2CCCN(c3cnc(C(N)=O)c(Nc4ccc(C5CCN(C[C@H]6CCCN6c6ccc7c(c6)C(=O)N(C6CCC(=O)NC6=O)C7=O)CC5)cc4)n3)C2)C1=O. The van der Waals surface area contributed by atoms with Gasteiger partial charge in [-0.05, 0) is 99.8 Å². The van der Waals surface area contributed by atoms with Gasteiger partial charge in [-0.2, -0.15) is 0 Å². The number of amides is 7. The molecule has 0 radical (unpaired) electrons. The van der Waals surface area contributed by atoms with E-state index in [9.17, 15) is 28.8 Å². The Bertz CT molecular complexity index is 2230. The first-order chi connectivity index (χ1) is 29.0. The molecule has 0 spiro atoms. The number of rotatable bonds is 10. The zero-order chi connectivity index (χ0) is 41.7. The number of likely N-dealkylation sites (tertiary alicyclic amines) is 1. The summed E-state index contributed by atoms with van der Waals surface area (Å²) in [6.45, 7) is 6.52. The van der Waals surface area contributed by atoms with Crippen LogP contribution < -0.4 is 26.2 Å². The van der Waals surface area contributed by atoms with E-state index >= 15 is 0 Å². The molecular weight excluding hydrogens is 767 g/mol. The third kappa shape index (κ3) is 7.50. The molecule has 0 saturated carbocycles. The Morgan fingerprint density at radius 3 is 2.35 bits per heavy atom. The molecule has 60 heavy (non-hydrogen) atoms. The third-order valence-electron chi connectivity index (χ3n) is 13.2. The highest BCUT2D eigenvalue weighted by Crippen LogP contribution is 2.35. The maximum absolute atomic E-state index is 13.5. The number of carbonyl (C=O) groups is 6. The van der Waals surface area contributed by atoms with Gasteiger partial charge in [0.05, 0.1) is 23.4 Å². The van der Waals surface area contributed by atoms with E-state index in [0.29, 0.717) is 41.8 Å². The predicted octanol–water partition coefficient (Wildman–Crippen LogP) is 2.90. The van der Waals surface area contributed by atoms with Crippen LogP contribution in [0.4, 0.5) is 27.8 Å². The number of urea groups is 1. The second-order valence-corrected chi connectivity index (χ2v) is 16.9. The number of nitrogens with one attached hydrogen (secondary N) is 2. The molecule has 1 aromatic heterocycles. The monoisotopic (exact) mass is 817 g/mol. The van der Waals surface area contributed by atoms with Crippen LogP contribution in [0.15, 0.2) is 48.7 Å². The van der Waals surface area contributed by atoms with Gasteiger partial charge < -0.3 is 35.6 Å². The molecule has 9 rings (SSSR count). The summed E-state index contributed by atoms with van der Waals surface area (Å²) in [5.41, 5.74) is 9.31. The Balaban J connectivity index is 0.801. The number of aromatic nitrogens is 2. The molecule has 17 heteroatoms. The smallest absolute Gasteiger partial charge is 0.320 e. The molecule has 0 aliphatic carbocycles. The normalized spacial score (nSPS) is 24.1. The summed E-state index contributed by atoms with van der Waals surface area (Å²) in [7, 11) is 1.83. The van der Waals surface area contributed by atoms with Crippen molar-refractivity contribution in [3.63, 3.8) is 0 Å². The largest absolute Gasteiger partial charge is 0.367 e. The average Bonchev–Trinajstić information content (AvgIpc) is 3.93. The highest BCUT2D eigenvalue weighted by molar-refractivity contribution is 6.23. The van der Waals surface area contributed by atoms with Crippen LogP contribution in [-0.4, -0.2) is 143 Å². The number of hydrogen-bond donors (Lipinski definition) is 3. The molecular formula is C43H51N11O6. The van der Waals surface area contributed by atoms with Crippen LogP contribution in [0.1, 0.15) is 94.1 Å². The fraction of sp³-hybridized carbons (Fsp3) is 0.488. The van der Waals surface area contributed by atoms with Crippen molar-refractivity contribution in [2.45, 2.75) is 75.4 Å². The summed E-state index contributed by atoms with van der Waals surface area (Å²) in [5, 5.41) is 5.55. The van der Waals surface area contributed by atoms with Gasteiger partial charge in [-0.3, -0.25) is 34.2 Å². The number of imide groups is 2. The second kappa shape index (κ2) is 16.2. The molecule has 6 aliphatic rings. The van der Waals surface area contributed by atoms with E-state index in [1.165, 1.54) is 5.56 Å². The van der Waals surface area contributed by atoms with E-state index in [4.69, 9.17) is 10.7 Å². The number of nitrogens with two attached hydrogens (primary N) is 1. The highest BCUT2D eigenvalue weighted by Gasteiger charge is 2.45. The molecule has 7 amide bonds. The molecule has 3 aromatic rings. The van der Waals surface area contributed by atoms with E-state index in [0.717, 1.165) is 94.1 Å². The van der Waals surface area contributed by atoms with Gasteiger partial charge in [-0.25, -0.2) is 14.8 Å². The van der Waals surface area contributed by atoms with Crippen molar-refractivity contribution >= 4 is 58.6 Å². The van der Waals surface area contributed by atoms with Gasteiger partial charge in [0, 0.05) is 70.2 Å². The van der Waals surface area contributed by atoms with E-state index < -0.39 is 35.6 Å². The molecule has 7 heterocycles. The molecule has 0 bridgehead atoms. The summed E-state index contributed by atoms with van der Waals surface area (Å²) in [4.78, 5) is 96.9. The topological polar surface area (TPSA) is 198 Å². The lowest BCUT2D eigenvalue weighted by molar-refractivity contribution is -0.136. The Morgan fingerprint density at radius 2 is 1.62 bits per heavy atom. The molecule has 4 N–H and O–H groups in total. The standard InChI is InChI=1S/C43H51N11O6/c1-49-20-21-53(43(49)60)31-4-2-16-51(25-31)35-23-45-37(38(44)56)39(47-35)46-28-8-6-26(7-9-28)27-14-18-50(19-15-27)24-30-5-3-17-52(30)29-10-11-32-33(22-29)42(59)54(41(32)58)34-12-13-36(55)48-40(34)57/h6-11,22-23,27,30-31,34H,2-5,12-21,24-25H2,1H3,(H2,44,56)(H,46,47)(H,48,55,57)/t30-,31+,34?/m1/s1. The Labute approximate surface area is 348 Å². The number of nitrogens with zero attached hydrogens (tertiary/aromatic N) is 8. The third-order valence-corrected chi connectivity index (χ3v) is 13.2. The summed E-state index contributed by atoms with van der Waals surface area (Å²) < 4.78 is 0. The molecule has 2 aromatic carbocycles. The van der Waals surface area contributed by atoms with Crippen molar-refractivity contribution in [2.75, 3.05) is 74.5 Å². The molecule has 6 aliphatic heterocycles. The average molecular weight is 818 g/mol. The molecule has 5 saturated heterocycles. The van der Waals surface area contributed by atoms with E-state index in [1.54, 1.807) is 23.2 Å². The van der Waals surface area contributed by atoms with Crippen LogP contribution in [0.25, 0.3) is 0 Å². The Hall–Kier alpha value is -6.10. The van der Waals surface area contributed by atoms with Crippen molar-refractivity contribution in [3.05, 3.63) is 71.0 Å². The number of anilines is 4. The zero-order valence-electron chi connectivity index (χ0n) is 33.8. The molecule has 314 valence electrons. The predicted molar refractivity (Wildman–Crippen MR) is 222 cm³/mol. The minimum atomic E-state index is -0.984. The lowest BCUT2D eigenvalue weighted by Gasteiger charge is -2.37. The molecule has 1 unspecified atom stereocenters. The lowest BCUT2D eigenvalue weighted by atomic mass is 9.89. The van der Waals surface area contributed by atoms with Gasteiger partial charge in [-0.15, -0.1) is 0 Å². The first-order valence-corrected chi connectivity index (χ1v) is 21.2. The number of primary amides is 1. The maximum Gasteiger partial charge on any atom is 0.320 e. The first kappa shape index (κ1) is 39.4. The van der Waals surface area contributed by atoms with Crippen molar-refractivity contribution in [2.24, 2.45) is 5.73 Å². The fourth-order valence-electron chi connectivity index (χ4n) is 9.95. The fourth-order valence-corrected chi connectivity index (χ4v) is 9.95. The molecule has 3 atom stereocenters. The minimum Gasteiger partial charge on any atom is -0.367 e. The summed E-state index contributed by atoms with van der Waals surface area (Å²) in [6, 6.07) is 13.1. The van der Waals surface area contributed by atoms with Gasteiger partial charge in [-0.1, -0.05) is 12.1 Å². The maximum atomic E-state index is 13.5. The van der Waals surface area contributed by atoms with Crippen molar-refractivity contribution < 1.29 is 28.8 Å². The van der Waals surface area contributed by atoms with Gasteiger partial charge in [0.1, 0.15) is 11.9 Å². The van der Waals surface area contributed by atoms with Crippen LogP contribution in [0.2, 0.25) is 0 Å². The van der Waals surface area contributed by atoms with Gasteiger partial charge >= 0.3 is 6.03 Å². The zero-order valence-corrected chi connectivity index (χ0v) is 33.8. The van der Waals surface area contributed by atoms with Crippen LogP contribution in [-0.2, 0) is 9.59 Å². The minimum absolute atomic E-state index is 0.0572. The van der Waals surface area contributed by atoms with Gasteiger partial charge in [0.15, 0.2) is 11.5 Å². The Kier molecular flexibility index (Phi) is 10.6. The van der Waals surface area contributed by atoms with Crippen molar-refractivity contribution in [3.8, 4) is 0 Å². The first-order valence-electron chi connectivity index (χ1n) is 21.2. The van der Waals surface area contributed by atoms with E-state index in [2.05, 4.69) is 42.5 Å². The number of benzene rings is 2. The van der Waals surface area contributed by atoms with Crippen molar-refractivity contribution in [1.82, 2.24) is 34.9 Å². The van der Waals surface area contributed by atoms with Crippen LogP contribution in [0, 0.1) is 0 Å². The quantitative estimate of drug-likeness (QED) is 0.254. The van der Waals surface area contributed by atoms with Crippen molar-refractivity contribution in [1.29, 1.82) is 0 Å². The summed E-state index contributed by atoms with van der Waals surface area (Å²) in [5.74, 6) is -1.31. The highest BCUT2D eigenvalue weighted by atomic mass is 16.2. The molecule has 17 nitrogen and oxygen atoms in total. The van der Waals surface area contributed by atoms with Crippen LogP contribution in [0.3, 0.4) is 0 Å². The summed E-state index contributed by atoms with van der Waals surface area (Å²) in [6.07, 6.45) is 7.74. The Morgan fingerprint density at radius 1 is 0.850 bits per heavy atom. The van der Waals surface area contributed by atoms with Crippen LogP contribution in [0.5, 0.6) is 0 Å². The number of hydrogen-bond acceptors (Lipinski definition) is 12. The number of carbonyl (C=O) groups excluding carboxylic acids is 6. The second-order valence-electron chi connectivity index (χ2n) is 16.9. The number of likely N-dealkylation sites (N-methyl/N-ethyl adjacent to an activating group) is 1.